The van der Waals surface area contributed by atoms with Gasteiger partial charge in [0.1, 0.15) is 18.2 Å². The van der Waals surface area contributed by atoms with Gasteiger partial charge in [-0.2, -0.15) is 13.2 Å². The zero-order chi connectivity index (χ0) is 29.7. The zero-order valence-corrected chi connectivity index (χ0v) is 23.8. The van der Waals surface area contributed by atoms with Crippen molar-refractivity contribution in [2.24, 2.45) is 5.73 Å². The van der Waals surface area contributed by atoms with Crippen LogP contribution in [0.25, 0.3) is 10.9 Å². The van der Waals surface area contributed by atoms with Crippen LogP contribution in [0.15, 0.2) is 24.5 Å². The molecular weight excluding hydrogens is 539 g/mol. The summed E-state index contributed by atoms with van der Waals surface area (Å²) >= 11 is 0. The van der Waals surface area contributed by atoms with Crippen molar-refractivity contribution < 1.29 is 27.5 Å². The van der Waals surface area contributed by atoms with E-state index in [-0.39, 0.29) is 54.2 Å². The summed E-state index contributed by atoms with van der Waals surface area (Å²) in [5.74, 6) is -0.111. The number of fused-ring (bicyclic) bond motifs is 1. The highest BCUT2D eigenvalue weighted by atomic mass is 19.4. The van der Waals surface area contributed by atoms with Gasteiger partial charge in [-0.1, -0.05) is 0 Å². The maximum absolute atomic E-state index is 13.7. The lowest BCUT2D eigenvalue weighted by atomic mass is 9.84. The van der Waals surface area contributed by atoms with E-state index in [2.05, 4.69) is 46.4 Å². The summed E-state index contributed by atoms with van der Waals surface area (Å²) < 4.78 is 45.4. The third-order valence-electron chi connectivity index (χ3n) is 8.17. The average molecular weight is 580 g/mol. The number of rotatable bonds is 11. The number of amides is 2. The smallest absolute Gasteiger partial charge is 0.380 e. The SMILES string of the molecule is CC(C)N(C)[C@@H]1CC[C@H](N2CC[C@H](Nc3ncnc4ccc(C(F)(F)F)cc34)C2=O)[C@H](NC(=O)CCOCCN)C1. The molecule has 2 fully saturated rings. The van der Waals surface area contributed by atoms with Gasteiger partial charge in [0.2, 0.25) is 11.8 Å². The molecule has 1 aliphatic heterocycles. The van der Waals surface area contributed by atoms with E-state index < -0.39 is 17.8 Å². The molecular formula is C28H40F3N7O3. The maximum atomic E-state index is 13.7. The Bertz CT molecular complexity index is 1210. The molecule has 41 heavy (non-hydrogen) atoms. The molecule has 1 aromatic heterocycles. The van der Waals surface area contributed by atoms with Crippen LogP contribution in [0.1, 0.15) is 51.5 Å². The fourth-order valence-corrected chi connectivity index (χ4v) is 5.76. The number of hydrogen-bond donors (Lipinski definition) is 3. The molecule has 0 spiro atoms. The number of benzene rings is 1. The van der Waals surface area contributed by atoms with Crippen molar-refractivity contribution in [3.8, 4) is 0 Å². The van der Waals surface area contributed by atoms with E-state index >= 15 is 0 Å². The van der Waals surface area contributed by atoms with E-state index in [1.54, 1.807) is 0 Å². The number of likely N-dealkylation sites (tertiary alicyclic amines) is 1. The lowest BCUT2D eigenvalue weighted by Crippen LogP contribution is -2.58. The van der Waals surface area contributed by atoms with E-state index in [1.165, 1.54) is 12.4 Å². The van der Waals surface area contributed by atoms with E-state index in [4.69, 9.17) is 10.5 Å². The van der Waals surface area contributed by atoms with Crippen molar-refractivity contribution in [1.29, 1.82) is 0 Å². The number of nitrogens with zero attached hydrogens (tertiary/aromatic N) is 4. The molecule has 1 saturated carbocycles. The highest BCUT2D eigenvalue weighted by molar-refractivity contribution is 5.93. The Labute approximate surface area is 238 Å². The van der Waals surface area contributed by atoms with Gasteiger partial charge in [0.05, 0.1) is 36.4 Å². The Morgan fingerprint density at radius 3 is 2.71 bits per heavy atom. The van der Waals surface area contributed by atoms with Crippen molar-refractivity contribution in [2.45, 2.75) is 82.3 Å². The molecule has 4 rings (SSSR count). The average Bonchev–Trinajstić information content (AvgIpc) is 3.29. The molecule has 0 radical (unpaired) electrons. The fraction of sp³-hybridized carbons (Fsp3) is 0.643. The van der Waals surface area contributed by atoms with Crippen LogP contribution in [-0.2, 0) is 20.5 Å². The van der Waals surface area contributed by atoms with Gasteiger partial charge in [0, 0.05) is 37.0 Å². The second-order valence-electron chi connectivity index (χ2n) is 11.1. The quantitative estimate of drug-likeness (QED) is 0.347. The minimum Gasteiger partial charge on any atom is -0.380 e. The molecule has 2 amide bonds. The summed E-state index contributed by atoms with van der Waals surface area (Å²) in [4.78, 5) is 38.8. The molecule has 4 atom stereocenters. The molecule has 1 saturated heterocycles. The number of alkyl halides is 3. The summed E-state index contributed by atoms with van der Waals surface area (Å²) in [5.41, 5.74) is 4.99. The number of halogens is 3. The molecule has 0 bridgehead atoms. The number of aromatic nitrogens is 2. The monoisotopic (exact) mass is 579 g/mol. The number of nitrogens with one attached hydrogen (secondary N) is 2. The third-order valence-corrected chi connectivity index (χ3v) is 8.17. The van der Waals surface area contributed by atoms with Crippen LogP contribution in [0.2, 0.25) is 0 Å². The number of nitrogens with two attached hydrogens (primary N) is 1. The lowest BCUT2D eigenvalue weighted by Gasteiger charge is -2.44. The minimum absolute atomic E-state index is 0.140. The molecule has 0 unspecified atom stereocenters. The van der Waals surface area contributed by atoms with Gasteiger partial charge >= 0.3 is 6.18 Å². The van der Waals surface area contributed by atoms with Gasteiger partial charge in [0.15, 0.2) is 0 Å². The first kappa shape index (κ1) is 30.9. The first-order valence-corrected chi connectivity index (χ1v) is 14.2. The number of carbonyl (C=O) groups excluding carboxylic acids is 2. The van der Waals surface area contributed by atoms with Crippen molar-refractivity contribution in [3.63, 3.8) is 0 Å². The number of carbonyl (C=O) groups is 2. The molecule has 1 aromatic carbocycles. The van der Waals surface area contributed by atoms with Gasteiger partial charge < -0.3 is 30.9 Å². The highest BCUT2D eigenvalue weighted by Crippen LogP contribution is 2.34. The Balaban J connectivity index is 1.49. The Morgan fingerprint density at radius 2 is 2.00 bits per heavy atom. The summed E-state index contributed by atoms with van der Waals surface area (Å²) in [5, 5.41) is 6.45. The first-order valence-electron chi connectivity index (χ1n) is 14.2. The Morgan fingerprint density at radius 1 is 1.22 bits per heavy atom. The number of ether oxygens (including phenoxy) is 1. The second-order valence-corrected chi connectivity index (χ2v) is 11.1. The number of anilines is 1. The van der Waals surface area contributed by atoms with Gasteiger partial charge in [0.25, 0.3) is 0 Å². The van der Waals surface area contributed by atoms with Crippen molar-refractivity contribution >= 4 is 28.5 Å². The van der Waals surface area contributed by atoms with Crippen LogP contribution >= 0.6 is 0 Å². The minimum atomic E-state index is -4.51. The molecule has 1 aliphatic carbocycles. The van der Waals surface area contributed by atoms with Crippen LogP contribution in [0, 0.1) is 0 Å². The van der Waals surface area contributed by atoms with Gasteiger partial charge in [-0.3, -0.25) is 9.59 Å². The molecule has 13 heteroatoms. The third kappa shape index (κ3) is 7.44. The molecule has 226 valence electrons. The topological polar surface area (TPSA) is 126 Å². The molecule has 4 N–H and O–H groups in total. The van der Waals surface area contributed by atoms with Crippen molar-refractivity contribution in [2.75, 3.05) is 38.7 Å². The summed E-state index contributed by atoms with van der Waals surface area (Å²) in [6.07, 6.45) is -0.281. The van der Waals surface area contributed by atoms with Crippen LogP contribution < -0.4 is 16.4 Å². The van der Waals surface area contributed by atoms with Gasteiger partial charge in [-0.25, -0.2) is 9.97 Å². The Hall–Kier alpha value is -3.03. The summed E-state index contributed by atoms with van der Waals surface area (Å²) in [7, 11) is 2.08. The van der Waals surface area contributed by atoms with E-state index in [0.717, 1.165) is 25.0 Å². The summed E-state index contributed by atoms with van der Waals surface area (Å²) in [6.45, 7) is 5.76. The fourth-order valence-electron chi connectivity index (χ4n) is 5.76. The van der Waals surface area contributed by atoms with Gasteiger partial charge in [-0.15, -0.1) is 0 Å². The normalized spacial score (nSPS) is 23.5. The van der Waals surface area contributed by atoms with Crippen molar-refractivity contribution in [1.82, 2.24) is 25.1 Å². The van der Waals surface area contributed by atoms with E-state index in [1.807, 2.05) is 4.90 Å². The van der Waals surface area contributed by atoms with Gasteiger partial charge in [-0.05, 0) is 64.8 Å². The Kier molecular flexibility index (Phi) is 10.0. The maximum Gasteiger partial charge on any atom is 0.416 e. The van der Waals surface area contributed by atoms with Crippen LogP contribution in [0.4, 0.5) is 19.0 Å². The van der Waals surface area contributed by atoms with Crippen LogP contribution in [0.5, 0.6) is 0 Å². The lowest BCUT2D eigenvalue weighted by molar-refractivity contribution is -0.137. The van der Waals surface area contributed by atoms with Crippen LogP contribution in [-0.4, -0.2) is 95.1 Å². The first-order chi connectivity index (χ1) is 19.5. The van der Waals surface area contributed by atoms with E-state index in [9.17, 15) is 22.8 Å². The zero-order valence-electron chi connectivity index (χ0n) is 23.8. The second kappa shape index (κ2) is 13.3. The predicted octanol–water partition coefficient (Wildman–Crippen LogP) is 2.77. The number of hydrogen-bond acceptors (Lipinski definition) is 8. The molecule has 2 aromatic rings. The van der Waals surface area contributed by atoms with E-state index in [0.29, 0.717) is 44.1 Å². The predicted molar refractivity (Wildman–Crippen MR) is 149 cm³/mol. The highest BCUT2D eigenvalue weighted by Gasteiger charge is 2.43. The van der Waals surface area contributed by atoms with Crippen LogP contribution in [0.3, 0.4) is 0 Å². The standard InChI is InChI=1S/C28H40F3N7O3/c1-17(2)37(3)19-5-7-24(23(15-19)35-25(39)9-12-41-13-10-32)38-11-8-22(27(38)40)36-26-20-14-18(28(29,30)31)4-6-21(20)33-16-34-26/h4,6,14,16-17,19,22-24H,5,7-13,15,32H2,1-3H3,(H,35,39)(H,33,34,36)/t19-,22+,23-,24+/m1/s1. The largest absolute Gasteiger partial charge is 0.416 e. The molecule has 10 nitrogen and oxygen atoms in total. The molecule has 2 heterocycles. The molecule has 2 aliphatic rings. The van der Waals surface area contributed by atoms with Crippen molar-refractivity contribution in [3.05, 3.63) is 30.1 Å². The summed E-state index contributed by atoms with van der Waals surface area (Å²) in [6, 6.07) is 2.78.